The van der Waals surface area contributed by atoms with E-state index in [0.717, 1.165) is 36.1 Å². The van der Waals surface area contributed by atoms with Gasteiger partial charge in [-0.15, -0.1) is 0 Å². The molecular weight excluding hydrogens is 302 g/mol. The van der Waals surface area contributed by atoms with Crippen molar-refractivity contribution < 1.29 is 0 Å². The second-order valence-corrected chi connectivity index (χ2v) is 9.58. The zero-order valence-electron chi connectivity index (χ0n) is 15.8. The predicted octanol–water partition coefficient (Wildman–Crippen LogP) is 5.59. The summed E-state index contributed by atoms with van der Waals surface area (Å²) in [6, 6.07) is 7.09. The number of fused-ring (bicyclic) bond motifs is 1. The van der Waals surface area contributed by atoms with Crippen molar-refractivity contribution in [1.82, 2.24) is 5.32 Å². The normalized spacial score (nSPS) is 35.6. The fraction of sp³-hybridized carbons (Fsp3) is 0.667. The van der Waals surface area contributed by atoms with E-state index in [1.807, 2.05) is 0 Å². The highest BCUT2D eigenvalue weighted by Crippen LogP contribution is 2.57. The summed E-state index contributed by atoms with van der Waals surface area (Å²) in [6.07, 6.45) is 14.1. The Labute approximate surface area is 153 Å². The molecule has 6 rings (SSSR count). The molecule has 134 valence electrons. The van der Waals surface area contributed by atoms with Crippen LogP contribution in [-0.4, -0.2) is 6.54 Å². The van der Waals surface area contributed by atoms with E-state index in [0.29, 0.717) is 0 Å². The van der Waals surface area contributed by atoms with Gasteiger partial charge in [0.05, 0.1) is 0 Å². The molecular formula is C24H33N. The van der Waals surface area contributed by atoms with Crippen molar-refractivity contribution in [2.24, 2.45) is 29.6 Å². The van der Waals surface area contributed by atoms with Gasteiger partial charge in [0.2, 0.25) is 0 Å². The molecule has 0 aliphatic heterocycles. The first kappa shape index (κ1) is 16.1. The van der Waals surface area contributed by atoms with Crippen LogP contribution in [0.1, 0.15) is 68.6 Å². The van der Waals surface area contributed by atoms with Gasteiger partial charge in [-0.1, -0.05) is 29.8 Å². The quantitative estimate of drug-likeness (QED) is 0.692. The smallest absolute Gasteiger partial charge is 0.0205 e. The molecule has 1 aromatic carbocycles. The molecule has 5 aliphatic carbocycles. The fourth-order valence-corrected chi connectivity index (χ4v) is 6.81. The Morgan fingerprint density at radius 2 is 1.72 bits per heavy atom. The van der Waals surface area contributed by atoms with E-state index >= 15 is 0 Å². The van der Waals surface area contributed by atoms with Gasteiger partial charge >= 0.3 is 0 Å². The average molecular weight is 336 g/mol. The lowest BCUT2D eigenvalue weighted by atomic mass is 9.51. The molecule has 1 N–H and O–H groups in total. The Kier molecular flexibility index (Phi) is 4.24. The zero-order valence-corrected chi connectivity index (χ0v) is 15.8. The average Bonchev–Trinajstić information content (AvgIpc) is 2.60. The van der Waals surface area contributed by atoms with Crippen LogP contribution in [0.2, 0.25) is 0 Å². The van der Waals surface area contributed by atoms with E-state index in [4.69, 9.17) is 0 Å². The summed E-state index contributed by atoms with van der Waals surface area (Å²) in [5.74, 6) is 5.42. The molecule has 5 aliphatic rings. The zero-order chi connectivity index (χ0) is 16.8. The minimum Gasteiger partial charge on any atom is -0.313 e. The first-order valence-electron chi connectivity index (χ1n) is 10.7. The molecule has 4 bridgehead atoms. The second kappa shape index (κ2) is 6.58. The van der Waals surface area contributed by atoms with Gasteiger partial charge in [-0.25, -0.2) is 0 Å². The van der Waals surface area contributed by atoms with E-state index in [2.05, 4.69) is 36.5 Å². The molecule has 25 heavy (non-hydrogen) atoms. The van der Waals surface area contributed by atoms with E-state index in [-0.39, 0.29) is 0 Å². The van der Waals surface area contributed by atoms with Gasteiger partial charge in [0, 0.05) is 6.54 Å². The van der Waals surface area contributed by atoms with Crippen LogP contribution in [0.15, 0.2) is 23.8 Å². The third-order valence-electron chi connectivity index (χ3n) is 7.80. The van der Waals surface area contributed by atoms with Crippen LogP contribution in [0.4, 0.5) is 0 Å². The molecule has 0 atom stereocenters. The van der Waals surface area contributed by atoms with Crippen LogP contribution >= 0.6 is 0 Å². The number of hydrogen-bond acceptors (Lipinski definition) is 1. The summed E-state index contributed by atoms with van der Waals surface area (Å²) < 4.78 is 0. The van der Waals surface area contributed by atoms with Crippen LogP contribution in [0.3, 0.4) is 0 Å². The Morgan fingerprint density at radius 1 is 0.960 bits per heavy atom. The van der Waals surface area contributed by atoms with Gasteiger partial charge in [-0.3, -0.25) is 0 Å². The first-order valence-corrected chi connectivity index (χ1v) is 10.7. The van der Waals surface area contributed by atoms with Crippen molar-refractivity contribution in [2.75, 3.05) is 6.54 Å². The summed E-state index contributed by atoms with van der Waals surface area (Å²) in [5.41, 5.74) is 5.98. The number of benzene rings is 1. The number of nitrogens with one attached hydrogen (secondary N) is 1. The van der Waals surface area contributed by atoms with Gasteiger partial charge in [0.15, 0.2) is 0 Å². The SMILES string of the molecule is CC1=Cc2ccc(CNCCC3C4CC5CC(C4)CC3C5)cc2CC1. The van der Waals surface area contributed by atoms with E-state index in [1.54, 1.807) is 37.7 Å². The predicted molar refractivity (Wildman–Crippen MR) is 105 cm³/mol. The number of allylic oxidation sites excluding steroid dienone is 1. The van der Waals surface area contributed by atoms with Gasteiger partial charge in [0.1, 0.15) is 0 Å². The molecule has 4 saturated carbocycles. The van der Waals surface area contributed by atoms with Gasteiger partial charge in [-0.2, -0.15) is 0 Å². The van der Waals surface area contributed by atoms with Crippen molar-refractivity contribution >= 4 is 6.08 Å². The molecule has 0 saturated heterocycles. The van der Waals surface area contributed by atoms with Gasteiger partial charge in [0.25, 0.3) is 0 Å². The Morgan fingerprint density at radius 3 is 2.48 bits per heavy atom. The van der Waals surface area contributed by atoms with Crippen molar-refractivity contribution in [2.45, 2.75) is 64.8 Å². The lowest BCUT2D eigenvalue weighted by Gasteiger charge is -2.54. The van der Waals surface area contributed by atoms with Gasteiger partial charge < -0.3 is 5.32 Å². The third kappa shape index (κ3) is 3.21. The lowest BCUT2D eigenvalue weighted by molar-refractivity contribution is -0.0393. The summed E-state index contributed by atoms with van der Waals surface area (Å²) >= 11 is 0. The molecule has 0 amide bonds. The largest absolute Gasteiger partial charge is 0.313 e. The van der Waals surface area contributed by atoms with Gasteiger partial charge in [-0.05, 0) is 111 Å². The third-order valence-corrected chi connectivity index (χ3v) is 7.80. The molecule has 4 fully saturated rings. The van der Waals surface area contributed by atoms with Crippen LogP contribution in [0.5, 0.6) is 0 Å². The van der Waals surface area contributed by atoms with Crippen LogP contribution in [0.25, 0.3) is 6.08 Å². The maximum absolute atomic E-state index is 3.76. The molecule has 1 aromatic rings. The van der Waals surface area contributed by atoms with E-state index < -0.39 is 0 Å². The Bertz CT molecular complexity index is 643. The summed E-state index contributed by atoms with van der Waals surface area (Å²) in [5, 5.41) is 3.76. The highest BCUT2D eigenvalue weighted by molar-refractivity contribution is 5.59. The maximum atomic E-state index is 3.76. The van der Waals surface area contributed by atoms with Crippen LogP contribution in [0, 0.1) is 29.6 Å². The molecule has 0 aromatic heterocycles. The molecule has 0 heterocycles. The highest BCUT2D eigenvalue weighted by atomic mass is 14.8. The number of rotatable bonds is 5. The first-order chi connectivity index (χ1) is 12.2. The Hall–Kier alpha value is -1.08. The second-order valence-electron chi connectivity index (χ2n) is 9.58. The van der Waals surface area contributed by atoms with Crippen LogP contribution < -0.4 is 5.32 Å². The molecule has 1 nitrogen and oxygen atoms in total. The summed E-state index contributed by atoms with van der Waals surface area (Å²) in [7, 11) is 0. The van der Waals surface area contributed by atoms with Crippen molar-refractivity contribution in [3.05, 3.63) is 40.5 Å². The monoisotopic (exact) mass is 335 g/mol. The minimum atomic E-state index is 1.04. The summed E-state index contributed by atoms with van der Waals surface area (Å²) in [4.78, 5) is 0. The van der Waals surface area contributed by atoms with Crippen molar-refractivity contribution in [1.29, 1.82) is 0 Å². The number of aryl methyl sites for hydroxylation is 1. The van der Waals surface area contributed by atoms with Crippen molar-refractivity contribution in [3.8, 4) is 0 Å². The standard InChI is InChI=1S/C24H33N/c1-16-2-4-21-10-17(3-5-20(21)8-16)15-25-7-6-24-22-11-18-9-19(13-22)14-23(24)12-18/h3,5,8,10,18-19,22-25H,2,4,6-7,9,11-15H2,1H3. The van der Waals surface area contributed by atoms with Crippen molar-refractivity contribution in [3.63, 3.8) is 0 Å². The molecule has 0 unspecified atom stereocenters. The molecule has 1 heteroatoms. The van der Waals surface area contributed by atoms with Crippen LogP contribution in [-0.2, 0) is 13.0 Å². The molecule has 0 radical (unpaired) electrons. The highest BCUT2D eigenvalue weighted by Gasteiger charge is 2.47. The fourth-order valence-electron chi connectivity index (χ4n) is 6.81. The van der Waals surface area contributed by atoms with E-state index in [9.17, 15) is 0 Å². The maximum Gasteiger partial charge on any atom is 0.0205 e. The minimum absolute atomic E-state index is 1.04. The summed E-state index contributed by atoms with van der Waals surface area (Å²) in [6.45, 7) is 4.51. The molecule has 0 spiro atoms. The van der Waals surface area contributed by atoms with E-state index in [1.165, 1.54) is 42.5 Å². The topological polar surface area (TPSA) is 12.0 Å². The number of hydrogen-bond donors (Lipinski definition) is 1. The lowest BCUT2D eigenvalue weighted by Crippen LogP contribution is -2.45. The Balaban J connectivity index is 1.13.